The number of nitrogens with zero attached hydrogens (tertiary/aromatic N) is 1. The second-order valence-corrected chi connectivity index (χ2v) is 6.82. The van der Waals surface area contributed by atoms with Crippen LogP contribution >= 0.6 is 11.3 Å². The van der Waals surface area contributed by atoms with E-state index in [9.17, 15) is 0 Å². The lowest BCUT2D eigenvalue weighted by atomic mass is 9.82. The Morgan fingerprint density at radius 1 is 1.53 bits per heavy atom. The molecule has 2 rings (SSSR count). The third kappa shape index (κ3) is 2.42. The fourth-order valence-corrected chi connectivity index (χ4v) is 3.27. The molecule has 1 unspecified atom stereocenters. The van der Waals surface area contributed by atoms with Gasteiger partial charge in [-0.1, -0.05) is 13.0 Å². The lowest BCUT2D eigenvalue weighted by Gasteiger charge is -2.43. The first-order valence-corrected chi connectivity index (χ1v) is 7.33. The van der Waals surface area contributed by atoms with Crippen LogP contribution in [0.3, 0.4) is 0 Å². The molecule has 17 heavy (non-hydrogen) atoms. The Labute approximate surface area is 109 Å². The molecule has 0 amide bonds. The minimum Gasteiger partial charge on any atom is -0.329 e. The fraction of sp³-hybridized carbons (Fsp3) is 0.714. The van der Waals surface area contributed by atoms with Crippen molar-refractivity contribution in [3.8, 4) is 0 Å². The van der Waals surface area contributed by atoms with Crippen molar-refractivity contribution in [1.29, 1.82) is 0 Å². The van der Waals surface area contributed by atoms with Gasteiger partial charge in [0.1, 0.15) is 0 Å². The Kier molecular flexibility index (Phi) is 3.62. The number of nitrogens with two attached hydrogens (primary N) is 1. The van der Waals surface area contributed by atoms with Gasteiger partial charge in [-0.2, -0.15) is 0 Å². The minimum atomic E-state index is 0.157. The van der Waals surface area contributed by atoms with Crippen molar-refractivity contribution >= 4 is 11.3 Å². The van der Waals surface area contributed by atoms with Crippen molar-refractivity contribution < 1.29 is 0 Å². The van der Waals surface area contributed by atoms with E-state index in [-0.39, 0.29) is 5.54 Å². The average Bonchev–Trinajstić information content (AvgIpc) is 2.89. The molecule has 1 aliphatic rings. The molecule has 3 heteroatoms. The SMILES string of the molecule is CN(CCc1cccs1)C(C)(CN)C1(C)CC1. The molecule has 96 valence electrons. The zero-order valence-electron chi connectivity index (χ0n) is 11.2. The highest BCUT2D eigenvalue weighted by Crippen LogP contribution is 2.55. The predicted molar refractivity (Wildman–Crippen MR) is 75.5 cm³/mol. The molecular weight excluding hydrogens is 228 g/mol. The van der Waals surface area contributed by atoms with Crippen molar-refractivity contribution in [2.24, 2.45) is 11.1 Å². The molecule has 1 aliphatic carbocycles. The summed E-state index contributed by atoms with van der Waals surface area (Å²) in [5.41, 5.74) is 6.64. The molecule has 2 N–H and O–H groups in total. The first kappa shape index (κ1) is 13.1. The lowest BCUT2D eigenvalue weighted by molar-refractivity contribution is 0.0741. The molecule has 1 aromatic heterocycles. The van der Waals surface area contributed by atoms with Gasteiger partial charge in [0, 0.05) is 23.5 Å². The topological polar surface area (TPSA) is 29.3 Å². The summed E-state index contributed by atoms with van der Waals surface area (Å²) in [6, 6.07) is 4.35. The number of likely N-dealkylation sites (N-methyl/N-ethyl adjacent to an activating group) is 1. The highest BCUT2D eigenvalue weighted by atomic mass is 32.1. The zero-order chi connectivity index (χ0) is 12.5. The smallest absolute Gasteiger partial charge is 0.0354 e. The van der Waals surface area contributed by atoms with Crippen LogP contribution in [0.1, 0.15) is 31.6 Å². The molecule has 0 bridgehead atoms. The Morgan fingerprint density at radius 3 is 2.71 bits per heavy atom. The third-order valence-corrected chi connectivity index (χ3v) is 5.75. The molecule has 2 nitrogen and oxygen atoms in total. The first-order valence-electron chi connectivity index (χ1n) is 6.45. The van der Waals surface area contributed by atoms with Crippen LogP contribution < -0.4 is 5.73 Å². The Balaban J connectivity index is 1.96. The minimum absolute atomic E-state index is 0.157. The van der Waals surface area contributed by atoms with Crippen LogP contribution in [0, 0.1) is 5.41 Å². The normalized spacial score (nSPS) is 21.5. The maximum absolute atomic E-state index is 6.04. The molecule has 0 aromatic carbocycles. The van der Waals surface area contributed by atoms with Crippen molar-refractivity contribution in [2.75, 3.05) is 20.1 Å². The van der Waals surface area contributed by atoms with Crippen molar-refractivity contribution in [1.82, 2.24) is 4.90 Å². The summed E-state index contributed by atoms with van der Waals surface area (Å²) in [5, 5.41) is 2.15. The van der Waals surface area contributed by atoms with Crippen molar-refractivity contribution in [3.05, 3.63) is 22.4 Å². The van der Waals surface area contributed by atoms with E-state index in [1.807, 2.05) is 11.3 Å². The van der Waals surface area contributed by atoms with E-state index < -0.39 is 0 Å². The standard InChI is InChI=1S/C14H24N2S/c1-13(7-8-13)14(2,11-15)16(3)9-6-12-5-4-10-17-12/h4-5,10H,6-9,11,15H2,1-3H3. The van der Waals surface area contributed by atoms with E-state index >= 15 is 0 Å². The van der Waals surface area contributed by atoms with Gasteiger partial charge in [-0.15, -0.1) is 11.3 Å². The average molecular weight is 252 g/mol. The molecule has 1 fully saturated rings. The van der Waals surface area contributed by atoms with Crippen LogP contribution in [-0.2, 0) is 6.42 Å². The monoisotopic (exact) mass is 252 g/mol. The molecule has 0 spiro atoms. The molecule has 0 aliphatic heterocycles. The molecule has 1 saturated carbocycles. The second kappa shape index (κ2) is 4.71. The molecule has 1 aromatic rings. The summed E-state index contributed by atoms with van der Waals surface area (Å²) >= 11 is 1.85. The van der Waals surface area contributed by atoms with Crippen LogP contribution in [0.2, 0.25) is 0 Å². The number of hydrogen-bond acceptors (Lipinski definition) is 3. The van der Waals surface area contributed by atoms with Gasteiger partial charge in [-0.25, -0.2) is 0 Å². The second-order valence-electron chi connectivity index (χ2n) is 5.79. The molecule has 0 radical (unpaired) electrons. The van der Waals surface area contributed by atoms with Gasteiger partial charge in [0.05, 0.1) is 0 Å². The summed E-state index contributed by atoms with van der Waals surface area (Å²) in [4.78, 5) is 3.94. The Morgan fingerprint density at radius 2 is 2.24 bits per heavy atom. The Bertz CT molecular complexity index is 356. The fourth-order valence-electron chi connectivity index (χ4n) is 2.57. The number of hydrogen-bond donors (Lipinski definition) is 1. The summed E-state index contributed by atoms with van der Waals surface area (Å²) in [6.45, 7) is 6.56. The molecular formula is C14H24N2S. The summed E-state index contributed by atoms with van der Waals surface area (Å²) in [5.74, 6) is 0. The van der Waals surface area contributed by atoms with Crippen LogP contribution in [0.5, 0.6) is 0 Å². The number of rotatable bonds is 6. The number of thiophene rings is 1. The Hall–Kier alpha value is -0.380. The van der Waals surface area contributed by atoms with Gasteiger partial charge in [0.15, 0.2) is 0 Å². The van der Waals surface area contributed by atoms with Crippen molar-refractivity contribution in [2.45, 2.75) is 38.6 Å². The highest BCUT2D eigenvalue weighted by Gasteiger charge is 2.53. The summed E-state index contributed by atoms with van der Waals surface area (Å²) in [7, 11) is 2.23. The molecule has 1 atom stereocenters. The van der Waals surface area contributed by atoms with Gasteiger partial charge >= 0.3 is 0 Å². The maximum Gasteiger partial charge on any atom is 0.0354 e. The predicted octanol–water partition coefficient (Wildman–Crippen LogP) is 2.74. The maximum atomic E-state index is 6.04. The largest absolute Gasteiger partial charge is 0.329 e. The third-order valence-electron chi connectivity index (χ3n) is 4.81. The van der Waals surface area contributed by atoms with E-state index in [0.717, 1.165) is 19.5 Å². The zero-order valence-corrected chi connectivity index (χ0v) is 12.0. The van der Waals surface area contributed by atoms with Gasteiger partial charge in [-0.05, 0) is 50.1 Å². The van der Waals surface area contributed by atoms with Gasteiger partial charge in [0.2, 0.25) is 0 Å². The quantitative estimate of drug-likeness (QED) is 0.843. The van der Waals surface area contributed by atoms with E-state index in [2.05, 4.69) is 43.3 Å². The van der Waals surface area contributed by atoms with Gasteiger partial charge in [-0.3, -0.25) is 4.90 Å². The summed E-state index contributed by atoms with van der Waals surface area (Å²) in [6.07, 6.45) is 3.79. The molecule has 0 saturated heterocycles. The van der Waals surface area contributed by atoms with E-state index in [1.165, 1.54) is 17.7 Å². The van der Waals surface area contributed by atoms with Crippen LogP contribution in [0.4, 0.5) is 0 Å². The van der Waals surface area contributed by atoms with Gasteiger partial charge in [0.25, 0.3) is 0 Å². The molecule has 1 heterocycles. The van der Waals surface area contributed by atoms with Crippen LogP contribution in [0.15, 0.2) is 17.5 Å². The van der Waals surface area contributed by atoms with Crippen LogP contribution in [0.25, 0.3) is 0 Å². The van der Waals surface area contributed by atoms with Crippen LogP contribution in [-0.4, -0.2) is 30.6 Å². The van der Waals surface area contributed by atoms with Gasteiger partial charge < -0.3 is 5.73 Å². The van der Waals surface area contributed by atoms with E-state index in [4.69, 9.17) is 5.73 Å². The van der Waals surface area contributed by atoms with E-state index in [1.54, 1.807) is 0 Å². The highest BCUT2D eigenvalue weighted by molar-refractivity contribution is 7.09. The van der Waals surface area contributed by atoms with E-state index in [0.29, 0.717) is 5.41 Å². The lowest BCUT2D eigenvalue weighted by Crippen LogP contribution is -2.55. The first-order chi connectivity index (χ1) is 8.02. The van der Waals surface area contributed by atoms with Crippen molar-refractivity contribution in [3.63, 3.8) is 0 Å². The summed E-state index contributed by atoms with van der Waals surface area (Å²) < 4.78 is 0.